The van der Waals surface area contributed by atoms with E-state index >= 15 is 0 Å². The van der Waals surface area contributed by atoms with E-state index in [9.17, 15) is 4.79 Å². The Morgan fingerprint density at radius 2 is 2.00 bits per heavy atom. The number of carbonyl (C=O) groups excluding carboxylic acids is 1. The number of anilines is 1. The number of carbonyl (C=O) groups is 1. The molecule has 3 heteroatoms. The van der Waals surface area contributed by atoms with Crippen LogP contribution in [-0.2, 0) is 4.79 Å². The molecule has 0 spiro atoms. The van der Waals surface area contributed by atoms with Crippen molar-refractivity contribution in [3.63, 3.8) is 0 Å². The van der Waals surface area contributed by atoms with Gasteiger partial charge in [0.25, 0.3) is 0 Å². The molecule has 98 valence electrons. The van der Waals surface area contributed by atoms with E-state index in [1.54, 1.807) is 0 Å². The Morgan fingerprint density at radius 3 is 2.72 bits per heavy atom. The predicted molar refractivity (Wildman–Crippen MR) is 74.9 cm³/mol. The third kappa shape index (κ3) is 2.56. The number of benzene rings is 1. The summed E-state index contributed by atoms with van der Waals surface area (Å²) in [5, 5.41) is 3.29. The van der Waals surface area contributed by atoms with Crippen molar-refractivity contribution in [1.29, 1.82) is 0 Å². The van der Waals surface area contributed by atoms with E-state index in [1.165, 1.54) is 5.56 Å². The van der Waals surface area contributed by atoms with Gasteiger partial charge in [-0.3, -0.25) is 4.79 Å². The Kier molecular flexibility index (Phi) is 3.71. The van der Waals surface area contributed by atoms with Crippen LogP contribution in [0.15, 0.2) is 18.2 Å². The lowest BCUT2D eigenvalue weighted by molar-refractivity contribution is -0.119. The molecule has 2 unspecified atom stereocenters. The quantitative estimate of drug-likeness (QED) is 0.824. The molecule has 0 aliphatic carbocycles. The average molecular weight is 246 g/mol. The van der Waals surface area contributed by atoms with E-state index in [0.717, 1.165) is 24.3 Å². The van der Waals surface area contributed by atoms with Crippen LogP contribution in [0.4, 0.5) is 5.69 Å². The van der Waals surface area contributed by atoms with E-state index in [-0.39, 0.29) is 11.9 Å². The van der Waals surface area contributed by atoms with Crippen LogP contribution >= 0.6 is 0 Å². The first kappa shape index (κ1) is 13.1. The maximum absolute atomic E-state index is 12.4. The number of amides is 1. The summed E-state index contributed by atoms with van der Waals surface area (Å²) < 4.78 is 0. The van der Waals surface area contributed by atoms with Gasteiger partial charge < -0.3 is 10.2 Å². The molecular weight excluding hydrogens is 224 g/mol. The van der Waals surface area contributed by atoms with Crippen molar-refractivity contribution in [2.45, 2.75) is 33.7 Å². The topological polar surface area (TPSA) is 32.3 Å². The van der Waals surface area contributed by atoms with Crippen LogP contribution in [0.3, 0.4) is 0 Å². The molecule has 18 heavy (non-hydrogen) atoms. The Hall–Kier alpha value is -1.35. The van der Waals surface area contributed by atoms with Crippen LogP contribution in [0.2, 0.25) is 0 Å². The van der Waals surface area contributed by atoms with Gasteiger partial charge in [0.1, 0.15) is 0 Å². The third-order valence-electron chi connectivity index (χ3n) is 3.56. The van der Waals surface area contributed by atoms with Crippen molar-refractivity contribution in [2.75, 3.05) is 18.0 Å². The van der Waals surface area contributed by atoms with Gasteiger partial charge >= 0.3 is 0 Å². The van der Waals surface area contributed by atoms with Gasteiger partial charge in [0, 0.05) is 18.8 Å². The number of nitrogens with one attached hydrogen (secondary N) is 1. The lowest BCUT2D eigenvalue weighted by atomic mass is 10.1. The SMILES string of the molecule is Cc1ccc(C)c(N2CC(C)CNC(C)C2=O)c1. The molecule has 1 aliphatic heterocycles. The molecule has 1 N–H and O–H groups in total. The van der Waals surface area contributed by atoms with Gasteiger partial charge in [-0.2, -0.15) is 0 Å². The highest BCUT2D eigenvalue weighted by Crippen LogP contribution is 2.24. The predicted octanol–water partition coefficient (Wildman–Crippen LogP) is 2.26. The number of nitrogens with zero attached hydrogens (tertiary/aromatic N) is 1. The zero-order valence-electron chi connectivity index (χ0n) is 11.7. The van der Waals surface area contributed by atoms with E-state index in [2.05, 4.69) is 44.3 Å². The van der Waals surface area contributed by atoms with Crippen LogP contribution in [-0.4, -0.2) is 25.0 Å². The van der Waals surface area contributed by atoms with E-state index in [4.69, 9.17) is 0 Å². The van der Waals surface area contributed by atoms with E-state index < -0.39 is 0 Å². The second-order valence-corrected chi connectivity index (χ2v) is 5.47. The Labute approximate surface area is 109 Å². The van der Waals surface area contributed by atoms with Crippen molar-refractivity contribution in [2.24, 2.45) is 5.92 Å². The second kappa shape index (κ2) is 5.11. The lowest BCUT2D eigenvalue weighted by Crippen LogP contribution is -2.42. The van der Waals surface area contributed by atoms with Gasteiger partial charge in [0.05, 0.1) is 6.04 Å². The first-order valence-electron chi connectivity index (χ1n) is 6.61. The molecule has 1 saturated heterocycles. The first-order chi connectivity index (χ1) is 8.49. The van der Waals surface area contributed by atoms with Gasteiger partial charge in [0.15, 0.2) is 0 Å². The van der Waals surface area contributed by atoms with Crippen LogP contribution in [0.5, 0.6) is 0 Å². The third-order valence-corrected chi connectivity index (χ3v) is 3.56. The maximum atomic E-state index is 12.4. The Bertz CT molecular complexity index is 456. The van der Waals surface area contributed by atoms with Gasteiger partial charge in [-0.05, 0) is 43.9 Å². The fourth-order valence-corrected chi connectivity index (χ4v) is 2.39. The monoisotopic (exact) mass is 246 g/mol. The fourth-order valence-electron chi connectivity index (χ4n) is 2.39. The molecule has 1 aromatic rings. The van der Waals surface area contributed by atoms with E-state index in [0.29, 0.717) is 5.92 Å². The number of aryl methyl sites for hydroxylation is 2. The highest BCUT2D eigenvalue weighted by atomic mass is 16.2. The first-order valence-corrected chi connectivity index (χ1v) is 6.61. The molecule has 1 heterocycles. The summed E-state index contributed by atoms with van der Waals surface area (Å²) in [5.41, 5.74) is 3.42. The number of rotatable bonds is 1. The van der Waals surface area contributed by atoms with E-state index in [1.807, 2.05) is 11.8 Å². The summed E-state index contributed by atoms with van der Waals surface area (Å²) >= 11 is 0. The fraction of sp³-hybridized carbons (Fsp3) is 0.533. The van der Waals surface area contributed by atoms with Crippen LogP contribution in [0.25, 0.3) is 0 Å². The Balaban J connectivity index is 2.39. The van der Waals surface area contributed by atoms with Crippen molar-refractivity contribution < 1.29 is 4.79 Å². The second-order valence-electron chi connectivity index (χ2n) is 5.47. The lowest BCUT2D eigenvalue weighted by Gasteiger charge is -2.26. The standard InChI is InChI=1S/C15H22N2O/c1-10-5-6-12(3)14(7-10)17-9-11(2)8-16-13(4)15(17)18/h5-7,11,13,16H,8-9H2,1-4H3. The molecule has 3 nitrogen and oxygen atoms in total. The molecular formula is C15H22N2O. The minimum absolute atomic E-state index is 0.102. The molecule has 1 aliphatic rings. The Morgan fingerprint density at radius 1 is 1.28 bits per heavy atom. The highest BCUT2D eigenvalue weighted by molar-refractivity contribution is 5.98. The molecule has 1 aromatic carbocycles. The minimum atomic E-state index is -0.102. The van der Waals surface area contributed by atoms with Crippen molar-refractivity contribution >= 4 is 11.6 Å². The smallest absolute Gasteiger partial charge is 0.243 e. The summed E-state index contributed by atoms with van der Waals surface area (Å²) in [6.45, 7) is 9.94. The molecule has 1 amide bonds. The average Bonchev–Trinajstić information content (AvgIpc) is 2.46. The normalized spacial score (nSPS) is 25.1. The molecule has 0 saturated carbocycles. The molecule has 1 fully saturated rings. The minimum Gasteiger partial charge on any atom is -0.310 e. The molecule has 2 atom stereocenters. The van der Waals surface area contributed by atoms with Gasteiger partial charge in [-0.15, -0.1) is 0 Å². The van der Waals surface area contributed by atoms with Crippen molar-refractivity contribution in [3.05, 3.63) is 29.3 Å². The molecule has 2 rings (SSSR count). The summed E-state index contributed by atoms with van der Waals surface area (Å²) in [7, 11) is 0. The molecule has 0 bridgehead atoms. The summed E-state index contributed by atoms with van der Waals surface area (Å²) in [4.78, 5) is 14.4. The number of hydrogen-bond donors (Lipinski definition) is 1. The molecule has 0 aromatic heterocycles. The number of hydrogen-bond acceptors (Lipinski definition) is 2. The zero-order chi connectivity index (χ0) is 13.3. The van der Waals surface area contributed by atoms with Crippen LogP contribution in [0, 0.1) is 19.8 Å². The van der Waals surface area contributed by atoms with Gasteiger partial charge in [0.2, 0.25) is 5.91 Å². The van der Waals surface area contributed by atoms with Gasteiger partial charge in [-0.1, -0.05) is 19.1 Å². The summed E-state index contributed by atoms with van der Waals surface area (Å²) in [5.74, 6) is 0.645. The van der Waals surface area contributed by atoms with Crippen molar-refractivity contribution in [1.82, 2.24) is 5.32 Å². The summed E-state index contributed by atoms with van der Waals surface area (Å²) in [6.07, 6.45) is 0. The maximum Gasteiger partial charge on any atom is 0.243 e. The largest absolute Gasteiger partial charge is 0.310 e. The van der Waals surface area contributed by atoms with Crippen LogP contribution in [0.1, 0.15) is 25.0 Å². The van der Waals surface area contributed by atoms with Crippen LogP contribution < -0.4 is 10.2 Å². The highest BCUT2D eigenvalue weighted by Gasteiger charge is 2.27. The zero-order valence-corrected chi connectivity index (χ0v) is 11.7. The molecule has 0 radical (unpaired) electrons. The van der Waals surface area contributed by atoms with Gasteiger partial charge in [-0.25, -0.2) is 0 Å². The van der Waals surface area contributed by atoms with Crippen molar-refractivity contribution in [3.8, 4) is 0 Å². The summed E-state index contributed by atoms with van der Waals surface area (Å²) in [6, 6.07) is 6.19.